The van der Waals surface area contributed by atoms with Crippen molar-refractivity contribution in [1.82, 2.24) is 0 Å². The molecule has 6 nitrogen and oxygen atoms in total. The van der Waals surface area contributed by atoms with Crippen LogP contribution in [0.25, 0.3) is 0 Å². The maximum absolute atomic E-state index is 11.5. The first-order chi connectivity index (χ1) is 9.70. The molecule has 6 heteroatoms. The zero-order valence-corrected chi connectivity index (χ0v) is 11.8. The highest BCUT2D eigenvalue weighted by Gasteiger charge is 2.13. The van der Waals surface area contributed by atoms with Gasteiger partial charge in [0.1, 0.15) is 11.5 Å². The third kappa shape index (κ3) is 4.61. The highest BCUT2D eigenvalue weighted by Crippen LogP contribution is 2.24. The van der Waals surface area contributed by atoms with Crippen LogP contribution >= 0.6 is 0 Å². The Morgan fingerprint density at radius 2 is 1.29 bits per heavy atom. The first-order valence-corrected chi connectivity index (χ1v) is 5.91. The SMILES string of the molecule is C=C(C)C(=O)Oc1cc(OC(=O)C(=C)C)cc(C(N)=O)c1. The average Bonchev–Trinajstić information content (AvgIpc) is 2.37. The van der Waals surface area contributed by atoms with Gasteiger partial charge in [0.25, 0.3) is 0 Å². The predicted molar refractivity (Wildman–Crippen MR) is 75.9 cm³/mol. The smallest absolute Gasteiger partial charge is 0.338 e. The second-order valence-electron chi connectivity index (χ2n) is 4.40. The zero-order valence-electron chi connectivity index (χ0n) is 11.8. The van der Waals surface area contributed by atoms with E-state index >= 15 is 0 Å². The minimum atomic E-state index is -0.754. The first-order valence-electron chi connectivity index (χ1n) is 5.91. The van der Waals surface area contributed by atoms with Gasteiger partial charge in [-0.3, -0.25) is 4.79 Å². The Labute approximate surface area is 121 Å². The number of carbonyl (C=O) groups is 3. The summed E-state index contributed by atoms with van der Waals surface area (Å²) in [6.07, 6.45) is 0. The number of rotatable bonds is 5. The van der Waals surface area contributed by atoms with E-state index in [1.165, 1.54) is 32.0 Å². The molecular weight excluding hydrogens is 274 g/mol. The molecule has 1 amide bonds. The van der Waals surface area contributed by atoms with E-state index in [4.69, 9.17) is 15.2 Å². The van der Waals surface area contributed by atoms with Crippen LogP contribution in [0.15, 0.2) is 42.5 Å². The van der Waals surface area contributed by atoms with Gasteiger partial charge in [0.05, 0.1) is 0 Å². The summed E-state index contributed by atoms with van der Waals surface area (Å²) in [5, 5.41) is 0. The Morgan fingerprint density at radius 3 is 1.57 bits per heavy atom. The third-order valence-corrected chi connectivity index (χ3v) is 2.28. The van der Waals surface area contributed by atoms with Gasteiger partial charge in [-0.05, 0) is 26.0 Å². The standard InChI is InChI=1S/C15H15NO5/c1-8(2)14(18)20-11-5-10(13(16)17)6-12(7-11)21-15(19)9(3)4/h5-7H,1,3H2,2,4H3,(H2,16,17). The van der Waals surface area contributed by atoms with Gasteiger partial charge in [0.2, 0.25) is 5.91 Å². The molecule has 1 rings (SSSR count). The quantitative estimate of drug-likeness (QED) is 0.506. The molecule has 0 spiro atoms. The molecule has 0 fully saturated rings. The summed E-state index contributed by atoms with van der Waals surface area (Å²) in [5.41, 5.74) is 5.57. The van der Waals surface area contributed by atoms with Gasteiger partial charge in [0, 0.05) is 22.8 Å². The lowest BCUT2D eigenvalue weighted by Gasteiger charge is -2.09. The van der Waals surface area contributed by atoms with Gasteiger partial charge in [-0.25, -0.2) is 9.59 Å². The van der Waals surface area contributed by atoms with Crippen LogP contribution in [0, 0.1) is 0 Å². The maximum atomic E-state index is 11.5. The lowest BCUT2D eigenvalue weighted by atomic mass is 10.2. The van der Waals surface area contributed by atoms with Crippen LogP contribution in [-0.4, -0.2) is 17.8 Å². The topological polar surface area (TPSA) is 95.7 Å². The Morgan fingerprint density at radius 1 is 0.905 bits per heavy atom. The van der Waals surface area contributed by atoms with Gasteiger partial charge >= 0.3 is 11.9 Å². The van der Waals surface area contributed by atoms with Crippen molar-refractivity contribution in [3.05, 3.63) is 48.1 Å². The lowest BCUT2D eigenvalue weighted by molar-refractivity contribution is -0.130. The Kier molecular flexibility index (Phi) is 5.01. The summed E-state index contributed by atoms with van der Waals surface area (Å²) in [6.45, 7) is 9.83. The van der Waals surface area contributed by atoms with E-state index in [2.05, 4.69) is 13.2 Å². The van der Waals surface area contributed by atoms with Crippen LogP contribution in [0.2, 0.25) is 0 Å². The third-order valence-electron chi connectivity index (χ3n) is 2.28. The molecule has 0 aliphatic heterocycles. The molecule has 21 heavy (non-hydrogen) atoms. The number of benzene rings is 1. The van der Waals surface area contributed by atoms with Crippen LogP contribution in [0.1, 0.15) is 24.2 Å². The highest BCUT2D eigenvalue weighted by atomic mass is 16.5. The van der Waals surface area contributed by atoms with Gasteiger partial charge in [-0.2, -0.15) is 0 Å². The number of primary amides is 1. The van der Waals surface area contributed by atoms with Crippen molar-refractivity contribution < 1.29 is 23.9 Å². The molecule has 0 radical (unpaired) electrons. The van der Waals surface area contributed by atoms with Gasteiger partial charge in [0.15, 0.2) is 0 Å². The van der Waals surface area contributed by atoms with Crippen molar-refractivity contribution >= 4 is 17.8 Å². The van der Waals surface area contributed by atoms with E-state index in [9.17, 15) is 14.4 Å². The molecule has 0 unspecified atom stereocenters. The van der Waals surface area contributed by atoms with Crippen LogP contribution in [0.3, 0.4) is 0 Å². The van der Waals surface area contributed by atoms with E-state index in [1.807, 2.05) is 0 Å². The Bertz CT molecular complexity index is 599. The van der Waals surface area contributed by atoms with Crippen molar-refractivity contribution in [3.8, 4) is 11.5 Å². The largest absolute Gasteiger partial charge is 0.423 e. The molecule has 0 saturated heterocycles. The molecule has 0 heterocycles. The molecule has 0 aromatic heterocycles. The second-order valence-corrected chi connectivity index (χ2v) is 4.40. The summed E-state index contributed by atoms with van der Waals surface area (Å²) in [5.74, 6) is -2.06. The summed E-state index contributed by atoms with van der Waals surface area (Å²) in [4.78, 5) is 34.2. The van der Waals surface area contributed by atoms with Crippen LogP contribution in [-0.2, 0) is 9.59 Å². The van der Waals surface area contributed by atoms with Gasteiger partial charge in [-0.15, -0.1) is 0 Å². The van der Waals surface area contributed by atoms with Gasteiger partial charge in [-0.1, -0.05) is 13.2 Å². The molecule has 1 aromatic carbocycles. The van der Waals surface area contributed by atoms with E-state index in [-0.39, 0.29) is 28.2 Å². The van der Waals surface area contributed by atoms with Crippen molar-refractivity contribution in [2.45, 2.75) is 13.8 Å². The van der Waals surface area contributed by atoms with E-state index in [0.717, 1.165) is 0 Å². The Balaban J connectivity index is 3.14. The molecule has 0 aliphatic carbocycles. The van der Waals surface area contributed by atoms with Crippen molar-refractivity contribution in [1.29, 1.82) is 0 Å². The molecule has 2 N–H and O–H groups in total. The number of esters is 2. The fraction of sp³-hybridized carbons (Fsp3) is 0.133. The van der Waals surface area contributed by atoms with Gasteiger partial charge < -0.3 is 15.2 Å². The fourth-order valence-electron chi connectivity index (χ4n) is 1.22. The molecule has 0 aliphatic rings. The number of ether oxygens (including phenoxy) is 2. The number of amides is 1. The number of hydrogen-bond acceptors (Lipinski definition) is 5. The summed E-state index contributed by atoms with van der Waals surface area (Å²) < 4.78 is 9.98. The minimum absolute atomic E-state index is 0.0174. The number of nitrogens with two attached hydrogens (primary N) is 1. The van der Waals surface area contributed by atoms with Crippen molar-refractivity contribution in [2.75, 3.05) is 0 Å². The van der Waals surface area contributed by atoms with Crippen molar-refractivity contribution in [3.63, 3.8) is 0 Å². The normalized spacial score (nSPS) is 9.62. The molecule has 0 bridgehead atoms. The highest BCUT2D eigenvalue weighted by molar-refractivity contribution is 5.95. The van der Waals surface area contributed by atoms with E-state index in [1.54, 1.807) is 0 Å². The van der Waals surface area contributed by atoms with Crippen molar-refractivity contribution in [2.24, 2.45) is 5.73 Å². The summed E-state index contributed by atoms with van der Waals surface area (Å²) >= 11 is 0. The molecule has 110 valence electrons. The fourth-order valence-corrected chi connectivity index (χ4v) is 1.22. The van der Waals surface area contributed by atoms with Crippen LogP contribution in [0.5, 0.6) is 11.5 Å². The van der Waals surface area contributed by atoms with Crippen LogP contribution < -0.4 is 15.2 Å². The predicted octanol–water partition coefficient (Wildman–Crippen LogP) is 1.75. The monoisotopic (exact) mass is 289 g/mol. The lowest BCUT2D eigenvalue weighted by Crippen LogP contribution is -2.14. The minimum Gasteiger partial charge on any atom is -0.423 e. The average molecular weight is 289 g/mol. The number of hydrogen-bond donors (Lipinski definition) is 1. The Hall–Kier alpha value is -2.89. The molecule has 1 aromatic rings. The molecule has 0 atom stereocenters. The van der Waals surface area contributed by atoms with Crippen LogP contribution in [0.4, 0.5) is 0 Å². The maximum Gasteiger partial charge on any atom is 0.338 e. The number of carbonyl (C=O) groups excluding carboxylic acids is 3. The summed E-state index contributed by atoms with van der Waals surface area (Å²) in [6, 6.07) is 3.82. The first kappa shape index (κ1) is 16.2. The molecule has 0 saturated carbocycles. The van der Waals surface area contributed by atoms with E-state index in [0.29, 0.717) is 0 Å². The second kappa shape index (κ2) is 6.51. The zero-order chi connectivity index (χ0) is 16.2. The van der Waals surface area contributed by atoms with E-state index < -0.39 is 17.8 Å². The molecular formula is C15H15NO5. The summed E-state index contributed by atoms with van der Waals surface area (Å²) in [7, 11) is 0.